The van der Waals surface area contributed by atoms with Gasteiger partial charge in [-0.05, 0) is 42.0 Å². The van der Waals surface area contributed by atoms with Crippen molar-refractivity contribution < 1.29 is 9.47 Å². The van der Waals surface area contributed by atoms with Crippen LogP contribution in [0.15, 0.2) is 12.1 Å². The Hall–Kier alpha value is -0.890. The van der Waals surface area contributed by atoms with Crippen LogP contribution in [0.3, 0.4) is 0 Å². The molecule has 0 bridgehead atoms. The first-order chi connectivity index (χ1) is 7.65. The van der Waals surface area contributed by atoms with Crippen LogP contribution in [0.4, 0.5) is 0 Å². The summed E-state index contributed by atoms with van der Waals surface area (Å²) in [7, 11) is 3.31. The van der Waals surface area contributed by atoms with Crippen LogP contribution in [0, 0.1) is 5.92 Å². The molecule has 0 fully saturated rings. The number of alkyl halides is 1. The molecule has 2 unspecified atom stereocenters. The van der Waals surface area contributed by atoms with Gasteiger partial charge in [-0.25, -0.2) is 0 Å². The van der Waals surface area contributed by atoms with E-state index in [9.17, 15) is 0 Å². The highest BCUT2D eigenvalue weighted by atomic mass is 35.5. The lowest BCUT2D eigenvalue weighted by Gasteiger charge is -2.27. The van der Waals surface area contributed by atoms with Gasteiger partial charge >= 0.3 is 0 Å². The van der Waals surface area contributed by atoms with Gasteiger partial charge in [0.2, 0.25) is 0 Å². The molecule has 2 nitrogen and oxygen atoms in total. The van der Waals surface area contributed by atoms with Gasteiger partial charge in [-0.2, -0.15) is 0 Å². The Labute approximate surface area is 102 Å². The largest absolute Gasteiger partial charge is 0.493 e. The van der Waals surface area contributed by atoms with E-state index < -0.39 is 0 Å². The first-order valence-electron chi connectivity index (χ1n) is 5.54. The fraction of sp³-hybridized carbons (Fsp3) is 0.538. The molecule has 2 rings (SSSR count). The quantitative estimate of drug-likeness (QED) is 0.736. The second kappa shape index (κ2) is 4.54. The summed E-state index contributed by atoms with van der Waals surface area (Å²) in [6, 6.07) is 4.07. The van der Waals surface area contributed by atoms with Gasteiger partial charge in [0.05, 0.1) is 19.6 Å². The highest BCUT2D eigenvalue weighted by Gasteiger charge is 2.25. The van der Waals surface area contributed by atoms with Gasteiger partial charge in [0.15, 0.2) is 11.5 Å². The predicted octanol–water partition coefficient (Wildman–Crippen LogP) is 3.57. The molecule has 0 spiro atoms. The number of benzene rings is 1. The van der Waals surface area contributed by atoms with Gasteiger partial charge in [-0.3, -0.25) is 0 Å². The topological polar surface area (TPSA) is 18.5 Å². The molecule has 1 aromatic carbocycles. The molecule has 0 heterocycles. The van der Waals surface area contributed by atoms with Crippen molar-refractivity contribution in [3.63, 3.8) is 0 Å². The van der Waals surface area contributed by atoms with E-state index >= 15 is 0 Å². The van der Waals surface area contributed by atoms with Crippen LogP contribution in [-0.4, -0.2) is 14.2 Å². The summed E-state index contributed by atoms with van der Waals surface area (Å²) in [5.74, 6) is 2.19. The Morgan fingerprint density at radius 1 is 1.19 bits per heavy atom. The molecule has 16 heavy (non-hydrogen) atoms. The SMILES string of the molecule is COc1cc2c(cc1OC)C(Cl)CC(C)C2. The Morgan fingerprint density at radius 2 is 1.81 bits per heavy atom. The molecule has 0 amide bonds. The summed E-state index contributed by atoms with van der Waals surface area (Å²) in [5.41, 5.74) is 2.48. The third-order valence-electron chi connectivity index (χ3n) is 3.16. The lowest BCUT2D eigenvalue weighted by atomic mass is 9.84. The van der Waals surface area contributed by atoms with Gasteiger partial charge in [0, 0.05) is 0 Å². The Balaban J connectivity index is 2.47. The smallest absolute Gasteiger partial charge is 0.161 e. The molecular weight excluding hydrogens is 224 g/mol. The fourth-order valence-electron chi connectivity index (χ4n) is 2.34. The molecule has 3 heteroatoms. The number of ether oxygens (including phenoxy) is 2. The maximum Gasteiger partial charge on any atom is 0.161 e. The Morgan fingerprint density at radius 3 is 2.44 bits per heavy atom. The summed E-state index contributed by atoms with van der Waals surface area (Å²) >= 11 is 6.37. The maximum atomic E-state index is 6.37. The average Bonchev–Trinajstić information content (AvgIpc) is 2.27. The van der Waals surface area contributed by atoms with Gasteiger partial charge in [0.1, 0.15) is 0 Å². The van der Waals surface area contributed by atoms with Crippen molar-refractivity contribution in [2.75, 3.05) is 14.2 Å². The predicted molar refractivity (Wildman–Crippen MR) is 65.6 cm³/mol. The van der Waals surface area contributed by atoms with Crippen molar-refractivity contribution in [3.05, 3.63) is 23.3 Å². The van der Waals surface area contributed by atoms with E-state index in [2.05, 4.69) is 13.0 Å². The maximum absolute atomic E-state index is 6.37. The lowest BCUT2D eigenvalue weighted by Crippen LogP contribution is -2.13. The molecule has 1 aliphatic rings. The number of rotatable bonds is 2. The van der Waals surface area contributed by atoms with Crippen LogP contribution < -0.4 is 9.47 Å². The molecule has 2 atom stereocenters. The zero-order chi connectivity index (χ0) is 11.7. The van der Waals surface area contributed by atoms with E-state index in [0.29, 0.717) is 5.92 Å². The van der Waals surface area contributed by atoms with Crippen molar-refractivity contribution in [2.45, 2.75) is 25.1 Å². The summed E-state index contributed by atoms with van der Waals surface area (Å²) in [6.07, 6.45) is 2.10. The highest BCUT2D eigenvalue weighted by molar-refractivity contribution is 6.21. The van der Waals surface area contributed by atoms with E-state index in [-0.39, 0.29) is 5.38 Å². The van der Waals surface area contributed by atoms with Gasteiger partial charge in [-0.1, -0.05) is 6.92 Å². The van der Waals surface area contributed by atoms with E-state index in [1.165, 1.54) is 11.1 Å². The van der Waals surface area contributed by atoms with E-state index in [0.717, 1.165) is 24.3 Å². The molecule has 0 aliphatic heterocycles. The number of fused-ring (bicyclic) bond motifs is 1. The zero-order valence-corrected chi connectivity index (χ0v) is 10.7. The van der Waals surface area contributed by atoms with E-state index in [1.54, 1.807) is 14.2 Å². The molecule has 0 radical (unpaired) electrons. The third kappa shape index (κ3) is 1.99. The van der Waals surface area contributed by atoms with Crippen LogP contribution in [0.5, 0.6) is 11.5 Å². The molecule has 0 N–H and O–H groups in total. The summed E-state index contributed by atoms with van der Waals surface area (Å²) in [5, 5.41) is 0.0959. The fourth-order valence-corrected chi connectivity index (χ4v) is 2.85. The Bertz CT molecular complexity index is 390. The lowest BCUT2D eigenvalue weighted by molar-refractivity contribution is 0.352. The number of methoxy groups -OCH3 is 2. The molecule has 0 saturated carbocycles. The van der Waals surface area contributed by atoms with Crippen LogP contribution in [0.1, 0.15) is 29.8 Å². The minimum absolute atomic E-state index is 0.0959. The summed E-state index contributed by atoms with van der Waals surface area (Å²) < 4.78 is 10.6. The van der Waals surface area contributed by atoms with Crippen molar-refractivity contribution in [2.24, 2.45) is 5.92 Å². The Kier molecular flexibility index (Phi) is 3.29. The van der Waals surface area contributed by atoms with E-state index in [1.807, 2.05) is 6.07 Å². The minimum Gasteiger partial charge on any atom is -0.493 e. The van der Waals surface area contributed by atoms with Crippen LogP contribution in [0.2, 0.25) is 0 Å². The molecule has 0 saturated heterocycles. The first-order valence-corrected chi connectivity index (χ1v) is 5.98. The van der Waals surface area contributed by atoms with Gasteiger partial charge in [-0.15, -0.1) is 11.6 Å². The molecule has 1 aliphatic carbocycles. The number of hydrogen-bond acceptors (Lipinski definition) is 2. The number of halogens is 1. The van der Waals surface area contributed by atoms with Crippen molar-refractivity contribution in [1.82, 2.24) is 0 Å². The van der Waals surface area contributed by atoms with Crippen LogP contribution in [0.25, 0.3) is 0 Å². The van der Waals surface area contributed by atoms with Crippen molar-refractivity contribution in [1.29, 1.82) is 0 Å². The molecule has 1 aromatic rings. The average molecular weight is 241 g/mol. The van der Waals surface area contributed by atoms with Gasteiger partial charge in [0.25, 0.3) is 0 Å². The van der Waals surface area contributed by atoms with E-state index in [4.69, 9.17) is 21.1 Å². The monoisotopic (exact) mass is 240 g/mol. The highest BCUT2D eigenvalue weighted by Crippen LogP contribution is 2.42. The van der Waals surface area contributed by atoms with Crippen LogP contribution in [-0.2, 0) is 6.42 Å². The number of hydrogen-bond donors (Lipinski definition) is 0. The second-order valence-corrected chi connectivity index (χ2v) is 4.95. The first kappa shape index (κ1) is 11.6. The summed E-state index contributed by atoms with van der Waals surface area (Å²) in [6.45, 7) is 2.23. The molecule has 0 aromatic heterocycles. The summed E-state index contributed by atoms with van der Waals surface area (Å²) in [4.78, 5) is 0. The third-order valence-corrected chi connectivity index (χ3v) is 3.57. The van der Waals surface area contributed by atoms with Gasteiger partial charge < -0.3 is 9.47 Å². The standard InChI is InChI=1S/C13H17ClO2/c1-8-4-9-6-12(15-2)13(16-3)7-10(9)11(14)5-8/h6-8,11H,4-5H2,1-3H3. The molecule has 88 valence electrons. The second-order valence-electron chi connectivity index (χ2n) is 4.42. The van der Waals surface area contributed by atoms with Crippen molar-refractivity contribution >= 4 is 11.6 Å². The normalized spacial score (nSPS) is 23.8. The molecular formula is C13H17ClO2. The van der Waals surface area contributed by atoms with Crippen LogP contribution >= 0.6 is 11.6 Å². The van der Waals surface area contributed by atoms with Crippen molar-refractivity contribution in [3.8, 4) is 11.5 Å². The zero-order valence-electron chi connectivity index (χ0n) is 9.92. The minimum atomic E-state index is 0.0959.